The Morgan fingerprint density at radius 1 is 1.41 bits per heavy atom. The van der Waals surface area contributed by atoms with Crippen molar-refractivity contribution in [1.29, 1.82) is 0 Å². The average Bonchev–Trinajstić information content (AvgIpc) is 3.07. The molecule has 0 aliphatic carbocycles. The SMILES string of the molecule is CCN(C(=O)CN1C(=O)NC(C)(c2ccc(F)cc2Cl)C1=O)C1CCS(=O)(=O)C1. The quantitative estimate of drug-likeness (QED) is 0.687. The van der Waals surface area contributed by atoms with Gasteiger partial charge in [0.25, 0.3) is 5.91 Å². The lowest BCUT2D eigenvalue weighted by molar-refractivity contribution is -0.139. The van der Waals surface area contributed by atoms with E-state index in [1.54, 1.807) is 6.92 Å². The third-order valence-electron chi connectivity index (χ3n) is 5.35. The summed E-state index contributed by atoms with van der Waals surface area (Å²) in [7, 11) is -3.19. The predicted octanol–water partition coefficient (Wildman–Crippen LogP) is 1.28. The van der Waals surface area contributed by atoms with Crippen LogP contribution < -0.4 is 5.32 Å². The number of rotatable bonds is 5. The van der Waals surface area contributed by atoms with Gasteiger partial charge in [-0.05, 0) is 32.4 Å². The Bertz CT molecular complexity index is 986. The first kappa shape index (κ1) is 21.5. The highest BCUT2D eigenvalue weighted by Crippen LogP contribution is 2.34. The van der Waals surface area contributed by atoms with Crippen LogP contribution in [0.25, 0.3) is 0 Å². The van der Waals surface area contributed by atoms with Crippen LogP contribution in [0.1, 0.15) is 25.8 Å². The van der Waals surface area contributed by atoms with Crippen molar-refractivity contribution in [3.8, 4) is 0 Å². The van der Waals surface area contributed by atoms with Gasteiger partial charge >= 0.3 is 6.03 Å². The number of sulfone groups is 1. The summed E-state index contributed by atoms with van der Waals surface area (Å²) >= 11 is 6.06. The van der Waals surface area contributed by atoms with Gasteiger partial charge in [-0.3, -0.25) is 14.5 Å². The monoisotopic (exact) mass is 445 g/mol. The molecule has 0 saturated carbocycles. The van der Waals surface area contributed by atoms with Crippen molar-refractivity contribution in [3.05, 3.63) is 34.6 Å². The van der Waals surface area contributed by atoms with E-state index in [9.17, 15) is 27.2 Å². The summed E-state index contributed by atoms with van der Waals surface area (Å²) in [6.45, 7) is 2.86. The average molecular weight is 446 g/mol. The summed E-state index contributed by atoms with van der Waals surface area (Å²) in [6.07, 6.45) is 0.324. The van der Waals surface area contributed by atoms with Crippen LogP contribution in [0, 0.1) is 5.82 Å². The molecule has 2 heterocycles. The summed E-state index contributed by atoms with van der Waals surface area (Å²) in [5.41, 5.74) is -1.33. The number of hydrogen-bond donors (Lipinski definition) is 1. The fraction of sp³-hybridized carbons (Fsp3) is 0.500. The molecular weight excluding hydrogens is 425 g/mol. The molecule has 8 nitrogen and oxygen atoms in total. The van der Waals surface area contributed by atoms with E-state index in [1.165, 1.54) is 17.9 Å². The van der Waals surface area contributed by atoms with Gasteiger partial charge in [0.2, 0.25) is 5.91 Å². The second-order valence-electron chi connectivity index (χ2n) is 7.31. The molecular formula is C18H21ClFN3O5S. The summed E-state index contributed by atoms with van der Waals surface area (Å²) < 4.78 is 36.8. The van der Waals surface area contributed by atoms with E-state index in [1.807, 2.05) is 0 Å². The molecule has 2 atom stereocenters. The van der Waals surface area contributed by atoms with E-state index in [2.05, 4.69) is 5.32 Å². The lowest BCUT2D eigenvalue weighted by Gasteiger charge is -2.28. The van der Waals surface area contributed by atoms with Crippen LogP contribution in [-0.4, -0.2) is 66.7 Å². The molecule has 2 aliphatic heterocycles. The molecule has 1 aromatic rings. The molecule has 29 heavy (non-hydrogen) atoms. The molecule has 0 spiro atoms. The second kappa shape index (κ2) is 7.56. The van der Waals surface area contributed by atoms with Crippen LogP contribution in [0.5, 0.6) is 0 Å². The first-order valence-corrected chi connectivity index (χ1v) is 11.3. The van der Waals surface area contributed by atoms with Gasteiger partial charge in [0.15, 0.2) is 9.84 Å². The minimum atomic E-state index is -3.19. The molecule has 2 aliphatic rings. The van der Waals surface area contributed by atoms with E-state index < -0.39 is 51.6 Å². The molecule has 0 bridgehead atoms. The van der Waals surface area contributed by atoms with Gasteiger partial charge in [0, 0.05) is 23.2 Å². The van der Waals surface area contributed by atoms with E-state index in [0.717, 1.165) is 17.0 Å². The summed E-state index contributed by atoms with van der Waals surface area (Å²) in [5.74, 6) is -1.93. The van der Waals surface area contributed by atoms with Crippen LogP contribution in [0.2, 0.25) is 5.02 Å². The molecule has 1 aromatic carbocycles. The molecule has 2 saturated heterocycles. The highest BCUT2D eigenvalue weighted by molar-refractivity contribution is 7.91. The number of carbonyl (C=O) groups excluding carboxylic acids is 3. The van der Waals surface area contributed by atoms with Gasteiger partial charge in [-0.2, -0.15) is 0 Å². The van der Waals surface area contributed by atoms with Crippen molar-refractivity contribution in [3.63, 3.8) is 0 Å². The zero-order valence-corrected chi connectivity index (χ0v) is 17.5. The van der Waals surface area contributed by atoms with Crippen molar-refractivity contribution in [2.45, 2.75) is 31.8 Å². The zero-order chi connectivity index (χ0) is 21.6. The molecule has 0 aromatic heterocycles. The van der Waals surface area contributed by atoms with Crippen molar-refractivity contribution in [1.82, 2.24) is 15.1 Å². The molecule has 2 unspecified atom stereocenters. The van der Waals surface area contributed by atoms with Crippen LogP contribution in [0.3, 0.4) is 0 Å². The highest BCUT2D eigenvalue weighted by Gasteiger charge is 2.51. The molecule has 11 heteroatoms. The third-order valence-corrected chi connectivity index (χ3v) is 7.41. The van der Waals surface area contributed by atoms with Gasteiger partial charge in [-0.25, -0.2) is 17.6 Å². The maximum absolute atomic E-state index is 13.4. The Balaban J connectivity index is 1.80. The highest BCUT2D eigenvalue weighted by atomic mass is 35.5. The number of urea groups is 1. The van der Waals surface area contributed by atoms with Gasteiger partial charge < -0.3 is 10.2 Å². The van der Waals surface area contributed by atoms with Crippen LogP contribution in [0.4, 0.5) is 9.18 Å². The Morgan fingerprint density at radius 3 is 2.66 bits per heavy atom. The van der Waals surface area contributed by atoms with E-state index >= 15 is 0 Å². The van der Waals surface area contributed by atoms with Crippen molar-refractivity contribution >= 4 is 39.3 Å². The number of nitrogens with one attached hydrogen (secondary N) is 1. The number of benzene rings is 1. The lowest BCUT2D eigenvalue weighted by Crippen LogP contribution is -2.48. The number of likely N-dealkylation sites (N-methyl/N-ethyl adjacent to an activating group) is 1. The Labute approximate surface area is 172 Å². The zero-order valence-electron chi connectivity index (χ0n) is 15.9. The van der Waals surface area contributed by atoms with E-state index in [-0.39, 0.29) is 28.6 Å². The molecule has 2 fully saturated rings. The number of amides is 4. The Morgan fingerprint density at radius 2 is 2.10 bits per heavy atom. The van der Waals surface area contributed by atoms with Gasteiger partial charge in [-0.15, -0.1) is 0 Å². The van der Waals surface area contributed by atoms with E-state index in [0.29, 0.717) is 6.42 Å². The summed E-state index contributed by atoms with van der Waals surface area (Å²) in [5, 5.41) is 2.49. The third kappa shape index (κ3) is 3.95. The summed E-state index contributed by atoms with van der Waals surface area (Å²) in [4.78, 5) is 40.3. The number of carbonyl (C=O) groups is 3. The fourth-order valence-electron chi connectivity index (χ4n) is 3.80. The lowest BCUT2D eigenvalue weighted by atomic mass is 9.92. The summed E-state index contributed by atoms with van der Waals surface area (Å²) in [6, 6.07) is 2.22. The first-order valence-electron chi connectivity index (χ1n) is 9.08. The number of halogens is 2. The molecule has 1 N–H and O–H groups in total. The minimum Gasteiger partial charge on any atom is -0.337 e. The molecule has 4 amide bonds. The molecule has 0 radical (unpaired) electrons. The number of imide groups is 1. The van der Waals surface area contributed by atoms with Crippen LogP contribution in [0.15, 0.2) is 18.2 Å². The number of hydrogen-bond acceptors (Lipinski definition) is 5. The predicted molar refractivity (Wildman–Crippen MR) is 103 cm³/mol. The van der Waals surface area contributed by atoms with Crippen molar-refractivity contribution in [2.24, 2.45) is 0 Å². The smallest absolute Gasteiger partial charge is 0.325 e. The fourth-order valence-corrected chi connectivity index (χ4v) is 5.89. The molecule has 158 valence electrons. The minimum absolute atomic E-state index is 0.00567. The van der Waals surface area contributed by atoms with Gasteiger partial charge in [0.05, 0.1) is 11.5 Å². The maximum Gasteiger partial charge on any atom is 0.325 e. The van der Waals surface area contributed by atoms with Crippen molar-refractivity contribution < 1.29 is 27.2 Å². The van der Waals surface area contributed by atoms with Gasteiger partial charge in [-0.1, -0.05) is 17.7 Å². The van der Waals surface area contributed by atoms with Crippen LogP contribution in [-0.2, 0) is 25.0 Å². The largest absolute Gasteiger partial charge is 0.337 e. The number of nitrogens with zero attached hydrogens (tertiary/aromatic N) is 2. The topological polar surface area (TPSA) is 104 Å². The van der Waals surface area contributed by atoms with Crippen LogP contribution >= 0.6 is 11.6 Å². The Kier molecular flexibility index (Phi) is 5.61. The van der Waals surface area contributed by atoms with Gasteiger partial charge in [0.1, 0.15) is 17.9 Å². The van der Waals surface area contributed by atoms with E-state index in [4.69, 9.17) is 11.6 Å². The second-order valence-corrected chi connectivity index (χ2v) is 9.94. The Hall–Kier alpha value is -2.20. The standard InChI is InChI=1S/C18H21ClFN3O5S/c1-3-22(12-6-7-29(27,28)10-12)15(24)9-23-16(25)18(2,21-17(23)26)13-5-4-11(20)8-14(13)19/h4-5,8,12H,3,6-7,9-10H2,1-2H3,(H,21,26). The molecule has 3 rings (SSSR count). The normalized spacial score (nSPS) is 25.9. The van der Waals surface area contributed by atoms with Crippen molar-refractivity contribution in [2.75, 3.05) is 24.6 Å². The first-order chi connectivity index (χ1) is 13.5. The maximum atomic E-state index is 13.4.